The van der Waals surface area contributed by atoms with Crippen LogP contribution in [0.5, 0.6) is 0 Å². The number of hydrogen-bond donors (Lipinski definition) is 4. The quantitative estimate of drug-likeness (QED) is 0.441. The van der Waals surface area contributed by atoms with Crippen molar-refractivity contribution >= 4 is 6.09 Å². The first-order valence-corrected chi connectivity index (χ1v) is 4.73. The predicted octanol–water partition coefficient (Wildman–Crippen LogP) is -1.00. The van der Waals surface area contributed by atoms with Crippen LogP contribution in [0.2, 0.25) is 0 Å². The van der Waals surface area contributed by atoms with E-state index in [1.807, 2.05) is 4.90 Å². The van der Waals surface area contributed by atoms with Crippen LogP contribution in [0, 0.1) is 0 Å². The van der Waals surface area contributed by atoms with Crippen molar-refractivity contribution in [3.63, 3.8) is 0 Å². The van der Waals surface area contributed by atoms with Crippen LogP contribution in [-0.2, 0) is 0 Å². The highest BCUT2D eigenvalue weighted by molar-refractivity contribution is 5.64. The molecule has 5 N–H and O–H groups in total. The minimum atomic E-state index is -0.995. The molecule has 0 spiro atoms. The lowest BCUT2D eigenvalue weighted by molar-refractivity contribution is 0.0944. The summed E-state index contributed by atoms with van der Waals surface area (Å²) in [6.45, 7) is 1.89. The summed E-state index contributed by atoms with van der Waals surface area (Å²) in [6, 6.07) is -0.0417. The van der Waals surface area contributed by atoms with Crippen molar-refractivity contribution in [2.75, 3.05) is 19.6 Å². The second kappa shape index (κ2) is 5.14. The van der Waals surface area contributed by atoms with E-state index in [4.69, 9.17) is 15.9 Å². The van der Waals surface area contributed by atoms with Crippen molar-refractivity contribution in [1.82, 2.24) is 10.2 Å². The molecule has 0 aromatic rings. The first-order valence-electron chi connectivity index (χ1n) is 4.73. The van der Waals surface area contributed by atoms with Gasteiger partial charge in [-0.2, -0.15) is 0 Å². The molecule has 0 aromatic heterocycles. The number of nitrogens with two attached hydrogens (primary N) is 1. The van der Waals surface area contributed by atoms with Crippen molar-refractivity contribution in [2.24, 2.45) is 5.73 Å². The predicted molar refractivity (Wildman–Crippen MR) is 50.8 cm³/mol. The van der Waals surface area contributed by atoms with Gasteiger partial charge >= 0.3 is 6.09 Å². The molecule has 0 bridgehead atoms. The monoisotopic (exact) mass is 203 g/mol. The number of carbonyl (C=O) groups is 1. The maximum absolute atomic E-state index is 10.4. The molecule has 1 saturated heterocycles. The zero-order chi connectivity index (χ0) is 10.6. The fraction of sp³-hybridized carbons (Fsp3) is 0.875. The van der Waals surface area contributed by atoms with E-state index in [1.165, 1.54) is 0 Å². The molecule has 1 aliphatic rings. The van der Waals surface area contributed by atoms with Gasteiger partial charge in [0.1, 0.15) is 6.23 Å². The van der Waals surface area contributed by atoms with Crippen LogP contribution >= 0.6 is 0 Å². The molecule has 82 valence electrons. The highest BCUT2D eigenvalue weighted by atomic mass is 16.4. The zero-order valence-electron chi connectivity index (χ0n) is 8.02. The second-order valence-corrected chi connectivity index (χ2v) is 3.62. The molecular formula is C8H17N3O3. The van der Waals surface area contributed by atoms with Gasteiger partial charge in [0.15, 0.2) is 0 Å². The van der Waals surface area contributed by atoms with Gasteiger partial charge in [0.25, 0.3) is 0 Å². The van der Waals surface area contributed by atoms with Crippen LogP contribution in [0.4, 0.5) is 4.79 Å². The number of β-amino-alcohol motifs (C(OH)–C–C–N with tert-alkyl or cyclic N) is 1. The Labute approximate surface area is 82.7 Å². The Morgan fingerprint density at radius 3 is 3.00 bits per heavy atom. The molecule has 1 fully saturated rings. The summed E-state index contributed by atoms with van der Waals surface area (Å²) < 4.78 is 0. The van der Waals surface area contributed by atoms with Crippen LogP contribution in [0.15, 0.2) is 0 Å². The summed E-state index contributed by atoms with van der Waals surface area (Å²) in [5.41, 5.74) is 5.25. The molecule has 0 aromatic carbocycles. The molecule has 1 amide bonds. The van der Waals surface area contributed by atoms with Crippen molar-refractivity contribution in [3.05, 3.63) is 0 Å². The molecule has 6 heteroatoms. The molecule has 0 aliphatic carbocycles. The summed E-state index contributed by atoms with van der Waals surface area (Å²) in [7, 11) is 0. The van der Waals surface area contributed by atoms with Crippen molar-refractivity contribution in [2.45, 2.75) is 25.1 Å². The highest BCUT2D eigenvalue weighted by Gasteiger charge is 2.21. The Balaban J connectivity index is 2.32. The fourth-order valence-electron chi connectivity index (χ4n) is 1.78. The van der Waals surface area contributed by atoms with E-state index >= 15 is 0 Å². The molecule has 6 nitrogen and oxygen atoms in total. The third kappa shape index (κ3) is 3.91. The Morgan fingerprint density at radius 2 is 2.43 bits per heavy atom. The van der Waals surface area contributed by atoms with E-state index in [9.17, 15) is 4.79 Å². The zero-order valence-corrected chi connectivity index (χ0v) is 8.02. The molecule has 2 atom stereocenters. The number of aliphatic hydroxyl groups is 1. The smallest absolute Gasteiger partial charge is 0.404 e. The molecule has 1 aliphatic heterocycles. The van der Waals surface area contributed by atoms with Gasteiger partial charge < -0.3 is 21.3 Å². The van der Waals surface area contributed by atoms with Crippen molar-refractivity contribution in [3.8, 4) is 0 Å². The number of piperidine rings is 1. The number of aliphatic hydroxyl groups excluding tert-OH is 1. The Bertz CT molecular complexity index is 198. The number of nitrogens with zero attached hydrogens (tertiary/aromatic N) is 1. The van der Waals surface area contributed by atoms with E-state index in [0.29, 0.717) is 13.1 Å². The number of amides is 1. The average molecular weight is 203 g/mol. The van der Waals surface area contributed by atoms with Crippen LogP contribution in [-0.4, -0.2) is 53.1 Å². The molecule has 1 rings (SSSR count). The first-order chi connectivity index (χ1) is 6.58. The minimum Gasteiger partial charge on any atom is -0.465 e. The molecule has 14 heavy (non-hydrogen) atoms. The molecular weight excluding hydrogens is 186 g/mol. The van der Waals surface area contributed by atoms with Crippen molar-refractivity contribution < 1.29 is 15.0 Å². The Hall–Kier alpha value is -0.850. The standard InChI is InChI=1S/C8H17N3O3/c9-7(12)5-11-3-1-2-6(4-11)10-8(13)14/h6-7,10,12H,1-5,9H2,(H,13,14)/t6-,7-/m1/s1. The summed E-state index contributed by atoms with van der Waals surface area (Å²) in [4.78, 5) is 12.4. The third-order valence-corrected chi connectivity index (χ3v) is 2.28. The number of nitrogens with one attached hydrogen (secondary N) is 1. The number of carboxylic acid groups (broad SMARTS) is 1. The van der Waals surface area contributed by atoms with Gasteiger partial charge in [-0.3, -0.25) is 4.90 Å². The normalized spacial score (nSPS) is 25.7. The molecule has 1 heterocycles. The minimum absolute atomic E-state index is 0.0417. The van der Waals surface area contributed by atoms with Crippen LogP contribution in [0.1, 0.15) is 12.8 Å². The van der Waals surface area contributed by atoms with E-state index in [0.717, 1.165) is 19.4 Å². The third-order valence-electron chi connectivity index (χ3n) is 2.28. The van der Waals surface area contributed by atoms with Gasteiger partial charge in [-0.15, -0.1) is 0 Å². The molecule has 0 saturated carbocycles. The van der Waals surface area contributed by atoms with Gasteiger partial charge in [-0.1, -0.05) is 0 Å². The number of likely N-dealkylation sites (tertiary alicyclic amines) is 1. The van der Waals surface area contributed by atoms with Gasteiger partial charge in [-0.25, -0.2) is 4.79 Å². The summed E-state index contributed by atoms with van der Waals surface area (Å²) >= 11 is 0. The topological polar surface area (TPSA) is 98.8 Å². The fourth-order valence-corrected chi connectivity index (χ4v) is 1.78. The van der Waals surface area contributed by atoms with E-state index in [1.54, 1.807) is 0 Å². The summed E-state index contributed by atoms with van der Waals surface area (Å²) in [6.07, 6.45) is -0.0649. The van der Waals surface area contributed by atoms with Gasteiger partial charge in [0.2, 0.25) is 0 Å². The van der Waals surface area contributed by atoms with Crippen LogP contribution in [0.25, 0.3) is 0 Å². The van der Waals surface area contributed by atoms with E-state index in [-0.39, 0.29) is 6.04 Å². The highest BCUT2D eigenvalue weighted by Crippen LogP contribution is 2.09. The largest absolute Gasteiger partial charge is 0.465 e. The average Bonchev–Trinajstić information content (AvgIpc) is 2.01. The van der Waals surface area contributed by atoms with Crippen LogP contribution < -0.4 is 11.1 Å². The SMILES string of the molecule is N[C@H](O)CN1CCC[C@@H](NC(=O)O)C1. The van der Waals surface area contributed by atoms with Gasteiger partial charge in [0.05, 0.1) is 0 Å². The second-order valence-electron chi connectivity index (χ2n) is 3.62. The number of hydrogen-bond acceptors (Lipinski definition) is 4. The summed E-state index contributed by atoms with van der Waals surface area (Å²) in [5, 5.41) is 19.9. The first kappa shape index (κ1) is 11.2. The Kier molecular flexibility index (Phi) is 4.12. The van der Waals surface area contributed by atoms with E-state index in [2.05, 4.69) is 5.32 Å². The van der Waals surface area contributed by atoms with Gasteiger partial charge in [0, 0.05) is 19.1 Å². The van der Waals surface area contributed by atoms with Gasteiger partial charge in [-0.05, 0) is 19.4 Å². The Morgan fingerprint density at radius 1 is 1.71 bits per heavy atom. The van der Waals surface area contributed by atoms with Crippen molar-refractivity contribution in [1.29, 1.82) is 0 Å². The lowest BCUT2D eigenvalue weighted by Crippen LogP contribution is -2.50. The maximum atomic E-state index is 10.4. The molecule has 0 unspecified atom stereocenters. The molecule has 0 radical (unpaired) electrons. The van der Waals surface area contributed by atoms with Crippen LogP contribution in [0.3, 0.4) is 0 Å². The number of rotatable bonds is 3. The van der Waals surface area contributed by atoms with E-state index < -0.39 is 12.3 Å². The summed E-state index contributed by atoms with van der Waals surface area (Å²) in [5.74, 6) is 0. The lowest BCUT2D eigenvalue weighted by atomic mass is 10.1. The lowest BCUT2D eigenvalue weighted by Gasteiger charge is -2.32. The maximum Gasteiger partial charge on any atom is 0.404 e.